The molecular formula is C12H21N3O. The maximum absolute atomic E-state index is 5.43. The number of hydrogen-bond acceptors (Lipinski definition) is 4. The second-order valence-corrected chi connectivity index (χ2v) is 3.72. The van der Waals surface area contributed by atoms with Crippen molar-refractivity contribution in [3.05, 3.63) is 18.1 Å². The van der Waals surface area contributed by atoms with Crippen LogP contribution in [0.5, 0.6) is 5.88 Å². The van der Waals surface area contributed by atoms with E-state index >= 15 is 0 Å². The van der Waals surface area contributed by atoms with E-state index in [4.69, 9.17) is 4.74 Å². The molecule has 0 saturated heterocycles. The van der Waals surface area contributed by atoms with Crippen LogP contribution in [-0.4, -0.2) is 23.1 Å². The Bertz CT molecular complexity index is 245. The first-order chi connectivity index (χ1) is 7.86. The fourth-order valence-electron chi connectivity index (χ4n) is 1.22. The maximum atomic E-state index is 5.43. The van der Waals surface area contributed by atoms with Gasteiger partial charge in [-0.3, -0.25) is 4.98 Å². The van der Waals surface area contributed by atoms with Crippen LogP contribution >= 0.6 is 0 Å². The largest absolute Gasteiger partial charge is 0.477 e. The Morgan fingerprint density at radius 3 is 2.69 bits per heavy atom. The summed E-state index contributed by atoms with van der Waals surface area (Å²) in [5.74, 6) is 0.618. The standard InChI is InChI=1S/C12H21N3O/c1-3-5-7-16-12-10-14-11(9-15-12)8-13-6-4-2/h9-10,13H,3-8H2,1-2H3. The molecule has 1 aromatic heterocycles. The highest BCUT2D eigenvalue weighted by Crippen LogP contribution is 2.04. The summed E-state index contributed by atoms with van der Waals surface area (Å²) in [6, 6.07) is 0. The minimum absolute atomic E-state index is 0.618. The first-order valence-electron chi connectivity index (χ1n) is 6.01. The second-order valence-electron chi connectivity index (χ2n) is 3.72. The number of ether oxygens (including phenoxy) is 1. The Labute approximate surface area is 97.5 Å². The van der Waals surface area contributed by atoms with E-state index < -0.39 is 0 Å². The highest BCUT2D eigenvalue weighted by Gasteiger charge is 1.97. The molecule has 0 saturated carbocycles. The molecule has 16 heavy (non-hydrogen) atoms. The normalized spacial score (nSPS) is 10.4. The lowest BCUT2D eigenvalue weighted by Crippen LogP contribution is -2.15. The van der Waals surface area contributed by atoms with Gasteiger partial charge in [0.25, 0.3) is 0 Å². The quantitative estimate of drug-likeness (QED) is 0.686. The molecule has 4 nitrogen and oxygen atoms in total. The van der Waals surface area contributed by atoms with Crippen LogP contribution in [0.1, 0.15) is 38.8 Å². The molecule has 0 spiro atoms. The molecule has 0 amide bonds. The van der Waals surface area contributed by atoms with Gasteiger partial charge < -0.3 is 10.1 Å². The van der Waals surface area contributed by atoms with Gasteiger partial charge in [0.15, 0.2) is 0 Å². The van der Waals surface area contributed by atoms with E-state index in [1.165, 1.54) is 0 Å². The number of nitrogens with zero attached hydrogens (tertiary/aromatic N) is 2. The van der Waals surface area contributed by atoms with Crippen LogP contribution in [0.15, 0.2) is 12.4 Å². The molecule has 0 radical (unpaired) electrons. The van der Waals surface area contributed by atoms with E-state index in [-0.39, 0.29) is 0 Å². The van der Waals surface area contributed by atoms with E-state index in [1.807, 2.05) is 0 Å². The SMILES string of the molecule is CCCCOc1cnc(CNCCC)cn1. The summed E-state index contributed by atoms with van der Waals surface area (Å²) < 4.78 is 5.43. The van der Waals surface area contributed by atoms with Crippen LogP contribution < -0.4 is 10.1 Å². The monoisotopic (exact) mass is 223 g/mol. The maximum Gasteiger partial charge on any atom is 0.232 e. The van der Waals surface area contributed by atoms with E-state index in [2.05, 4.69) is 29.1 Å². The van der Waals surface area contributed by atoms with Crippen LogP contribution in [0.3, 0.4) is 0 Å². The molecule has 4 heteroatoms. The van der Waals surface area contributed by atoms with Gasteiger partial charge in [-0.15, -0.1) is 0 Å². The van der Waals surface area contributed by atoms with E-state index in [0.29, 0.717) is 5.88 Å². The fourth-order valence-corrected chi connectivity index (χ4v) is 1.22. The van der Waals surface area contributed by atoms with Gasteiger partial charge in [-0.05, 0) is 19.4 Å². The zero-order chi connectivity index (χ0) is 11.6. The summed E-state index contributed by atoms with van der Waals surface area (Å²) in [6.07, 6.45) is 6.78. The summed E-state index contributed by atoms with van der Waals surface area (Å²) in [5.41, 5.74) is 0.955. The molecule has 90 valence electrons. The predicted octanol–water partition coefficient (Wildman–Crippen LogP) is 2.16. The van der Waals surface area contributed by atoms with Gasteiger partial charge in [0, 0.05) is 6.54 Å². The van der Waals surface area contributed by atoms with Crippen LogP contribution in [-0.2, 0) is 6.54 Å². The third-order valence-corrected chi connectivity index (χ3v) is 2.16. The Morgan fingerprint density at radius 1 is 1.19 bits per heavy atom. The summed E-state index contributed by atoms with van der Waals surface area (Å²) in [5, 5.41) is 3.28. The molecule has 0 unspecified atom stereocenters. The van der Waals surface area contributed by atoms with Crippen molar-refractivity contribution in [3.63, 3.8) is 0 Å². The molecule has 0 aromatic carbocycles. The number of hydrogen-bond donors (Lipinski definition) is 1. The zero-order valence-electron chi connectivity index (χ0n) is 10.2. The minimum Gasteiger partial charge on any atom is -0.477 e. The minimum atomic E-state index is 0.618. The Hall–Kier alpha value is -1.16. The topological polar surface area (TPSA) is 47.0 Å². The Balaban J connectivity index is 2.30. The average molecular weight is 223 g/mol. The van der Waals surface area contributed by atoms with Crippen LogP contribution in [0, 0.1) is 0 Å². The van der Waals surface area contributed by atoms with E-state index in [9.17, 15) is 0 Å². The van der Waals surface area contributed by atoms with Crippen LogP contribution in [0.4, 0.5) is 0 Å². The number of nitrogens with one attached hydrogen (secondary N) is 1. The van der Waals surface area contributed by atoms with Crippen molar-refractivity contribution in [2.45, 2.75) is 39.7 Å². The first kappa shape index (κ1) is 12.9. The lowest BCUT2D eigenvalue weighted by molar-refractivity contribution is 0.296. The molecular weight excluding hydrogens is 202 g/mol. The predicted molar refractivity (Wildman–Crippen MR) is 64.4 cm³/mol. The third kappa shape index (κ3) is 5.07. The van der Waals surface area contributed by atoms with Crippen LogP contribution in [0.2, 0.25) is 0 Å². The van der Waals surface area contributed by atoms with Gasteiger partial charge in [-0.1, -0.05) is 20.3 Å². The van der Waals surface area contributed by atoms with Crippen molar-refractivity contribution in [1.82, 2.24) is 15.3 Å². The Kier molecular flexibility index (Phi) is 6.49. The van der Waals surface area contributed by atoms with Crippen molar-refractivity contribution in [2.75, 3.05) is 13.2 Å². The smallest absolute Gasteiger partial charge is 0.232 e. The molecule has 1 aromatic rings. The van der Waals surface area contributed by atoms with Crippen molar-refractivity contribution < 1.29 is 4.74 Å². The molecule has 0 aliphatic heterocycles. The lowest BCUT2D eigenvalue weighted by Gasteiger charge is -2.05. The molecule has 1 N–H and O–H groups in total. The molecule has 0 aliphatic rings. The second kappa shape index (κ2) is 8.05. The van der Waals surface area contributed by atoms with Gasteiger partial charge in [0.05, 0.1) is 24.7 Å². The highest BCUT2D eigenvalue weighted by atomic mass is 16.5. The van der Waals surface area contributed by atoms with Crippen LogP contribution in [0.25, 0.3) is 0 Å². The fraction of sp³-hybridized carbons (Fsp3) is 0.667. The highest BCUT2D eigenvalue weighted by molar-refractivity contribution is 5.06. The summed E-state index contributed by atoms with van der Waals surface area (Å²) >= 11 is 0. The average Bonchev–Trinajstić information content (AvgIpc) is 2.32. The molecule has 0 bridgehead atoms. The third-order valence-electron chi connectivity index (χ3n) is 2.16. The van der Waals surface area contributed by atoms with E-state index in [1.54, 1.807) is 12.4 Å². The van der Waals surface area contributed by atoms with Crippen molar-refractivity contribution in [3.8, 4) is 5.88 Å². The summed E-state index contributed by atoms with van der Waals surface area (Å²) in [7, 11) is 0. The Morgan fingerprint density at radius 2 is 2.06 bits per heavy atom. The van der Waals surface area contributed by atoms with Gasteiger partial charge in [0.1, 0.15) is 0 Å². The number of rotatable bonds is 8. The van der Waals surface area contributed by atoms with Crippen molar-refractivity contribution in [2.24, 2.45) is 0 Å². The summed E-state index contributed by atoms with van der Waals surface area (Å²) in [4.78, 5) is 8.48. The zero-order valence-corrected chi connectivity index (χ0v) is 10.2. The van der Waals surface area contributed by atoms with Crippen molar-refractivity contribution >= 4 is 0 Å². The molecule has 0 fully saturated rings. The lowest BCUT2D eigenvalue weighted by atomic mass is 10.4. The summed E-state index contributed by atoms with van der Waals surface area (Å²) in [6.45, 7) is 6.78. The number of aromatic nitrogens is 2. The number of unbranched alkanes of at least 4 members (excludes halogenated alkanes) is 1. The molecule has 1 heterocycles. The van der Waals surface area contributed by atoms with Gasteiger partial charge in [0.2, 0.25) is 5.88 Å². The van der Waals surface area contributed by atoms with Crippen molar-refractivity contribution in [1.29, 1.82) is 0 Å². The van der Waals surface area contributed by atoms with E-state index in [0.717, 1.165) is 44.7 Å². The molecule has 1 rings (SSSR count). The van der Waals surface area contributed by atoms with Gasteiger partial charge in [-0.2, -0.15) is 0 Å². The molecule has 0 atom stereocenters. The van der Waals surface area contributed by atoms with Gasteiger partial charge in [-0.25, -0.2) is 4.98 Å². The van der Waals surface area contributed by atoms with Gasteiger partial charge >= 0.3 is 0 Å². The first-order valence-corrected chi connectivity index (χ1v) is 6.01. The molecule has 0 aliphatic carbocycles.